The van der Waals surface area contributed by atoms with Gasteiger partial charge < -0.3 is 20.1 Å². The molecule has 6 nitrogen and oxygen atoms in total. The van der Waals surface area contributed by atoms with Crippen LogP contribution >= 0.6 is 0 Å². The van der Waals surface area contributed by atoms with E-state index >= 15 is 0 Å². The molecule has 6 heteroatoms. The van der Waals surface area contributed by atoms with Gasteiger partial charge in [-0.15, -0.1) is 0 Å². The lowest BCUT2D eigenvalue weighted by Gasteiger charge is -2.32. The average molecular weight is 292 g/mol. The molecule has 0 radical (unpaired) electrons. The fourth-order valence-corrected chi connectivity index (χ4v) is 2.59. The standard InChI is InChI=1S/C15H20N2O4/c1-21-10-11-5-4-8-17(9-11)15(20)16-13-7-3-2-6-12(13)14(18)19/h2-3,6-7,11H,4-5,8-10H2,1H3,(H,16,20)(H,18,19). The van der Waals surface area contributed by atoms with Crippen LogP contribution in [0.2, 0.25) is 0 Å². The Kier molecular flexibility index (Phi) is 5.16. The molecule has 1 aliphatic heterocycles. The second kappa shape index (κ2) is 7.08. The van der Waals surface area contributed by atoms with Gasteiger partial charge in [0, 0.05) is 26.1 Å². The van der Waals surface area contributed by atoms with Crippen LogP contribution in [-0.2, 0) is 4.74 Å². The number of benzene rings is 1. The van der Waals surface area contributed by atoms with Gasteiger partial charge in [0.25, 0.3) is 0 Å². The molecule has 1 unspecified atom stereocenters. The Morgan fingerprint density at radius 3 is 2.90 bits per heavy atom. The van der Waals surface area contributed by atoms with Crippen LogP contribution in [0, 0.1) is 5.92 Å². The number of piperidine rings is 1. The molecule has 1 aromatic rings. The first-order chi connectivity index (χ1) is 10.1. The van der Waals surface area contributed by atoms with Gasteiger partial charge in [-0.3, -0.25) is 0 Å². The summed E-state index contributed by atoms with van der Waals surface area (Å²) in [7, 11) is 1.65. The summed E-state index contributed by atoms with van der Waals surface area (Å²) in [6.07, 6.45) is 1.98. The summed E-state index contributed by atoms with van der Waals surface area (Å²) in [5.74, 6) is -0.717. The van der Waals surface area contributed by atoms with E-state index in [-0.39, 0.29) is 11.6 Å². The molecule has 0 spiro atoms. The van der Waals surface area contributed by atoms with Gasteiger partial charge in [0.05, 0.1) is 17.9 Å². The minimum absolute atomic E-state index is 0.0938. The maximum atomic E-state index is 12.3. The molecule has 1 aromatic carbocycles. The predicted molar refractivity (Wildman–Crippen MR) is 78.6 cm³/mol. The highest BCUT2D eigenvalue weighted by molar-refractivity contribution is 5.99. The predicted octanol–water partition coefficient (Wildman–Crippen LogP) is 2.28. The topological polar surface area (TPSA) is 78.9 Å². The van der Waals surface area contributed by atoms with Crippen molar-refractivity contribution in [1.29, 1.82) is 0 Å². The molecule has 0 bridgehead atoms. The number of carbonyl (C=O) groups is 2. The Morgan fingerprint density at radius 2 is 2.19 bits per heavy atom. The molecule has 2 amide bonds. The number of likely N-dealkylation sites (tertiary alicyclic amines) is 1. The van der Waals surface area contributed by atoms with Crippen LogP contribution in [0.4, 0.5) is 10.5 Å². The van der Waals surface area contributed by atoms with Crippen LogP contribution in [0.15, 0.2) is 24.3 Å². The van der Waals surface area contributed by atoms with Crippen molar-refractivity contribution in [3.8, 4) is 0 Å². The summed E-state index contributed by atoms with van der Waals surface area (Å²) in [5.41, 5.74) is 0.417. The zero-order valence-electron chi connectivity index (χ0n) is 12.0. The summed E-state index contributed by atoms with van der Waals surface area (Å²) >= 11 is 0. The molecule has 0 aliphatic carbocycles. The highest BCUT2D eigenvalue weighted by Gasteiger charge is 2.24. The maximum Gasteiger partial charge on any atom is 0.337 e. The molecule has 21 heavy (non-hydrogen) atoms. The number of carboxylic acids is 1. The monoisotopic (exact) mass is 292 g/mol. The number of nitrogens with one attached hydrogen (secondary N) is 1. The van der Waals surface area contributed by atoms with Crippen LogP contribution in [-0.4, -0.2) is 48.8 Å². The van der Waals surface area contributed by atoms with Crippen LogP contribution in [0.5, 0.6) is 0 Å². The van der Waals surface area contributed by atoms with Crippen LogP contribution < -0.4 is 5.32 Å². The number of hydrogen-bond donors (Lipinski definition) is 2. The average Bonchev–Trinajstić information content (AvgIpc) is 2.48. The number of carboxylic acid groups (broad SMARTS) is 1. The number of methoxy groups -OCH3 is 1. The molecular weight excluding hydrogens is 272 g/mol. The Balaban J connectivity index is 2.03. The van der Waals surface area contributed by atoms with Crippen molar-refractivity contribution in [2.24, 2.45) is 5.92 Å². The zero-order valence-corrected chi connectivity index (χ0v) is 12.0. The van der Waals surface area contributed by atoms with Crippen molar-refractivity contribution >= 4 is 17.7 Å². The fraction of sp³-hybridized carbons (Fsp3) is 0.467. The van der Waals surface area contributed by atoms with Crippen LogP contribution in [0.1, 0.15) is 23.2 Å². The van der Waals surface area contributed by atoms with Crippen molar-refractivity contribution in [1.82, 2.24) is 4.90 Å². The van der Waals surface area contributed by atoms with Crippen LogP contribution in [0.3, 0.4) is 0 Å². The Hall–Kier alpha value is -2.08. The molecule has 1 saturated heterocycles. The first kappa shape index (κ1) is 15.3. The van der Waals surface area contributed by atoms with E-state index in [1.54, 1.807) is 30.2 Å². The summed E-state index contributed by atoms with van der Waals surface area (Å²) in [4.78, 5) is 25.1. The number of urea groups is 1. The molecule has 0 aromatic heterocycles. The number of nitrogens with zero attached hydrogens (tertiary/aromatic N) is 1. The van der Waals surface area contributed by atoms with E-state index in [0.717, 1.165) is 12.8 Å². The minimum atomic E-state index is -1.05. The Morgan fingerprint density at radius 1 is 1.43 bits per heavy atom. The molecule has 1 aliphatic rings. The highest BCUT2D eigenvalue weighted by atomic mass is 16.5. The van der Waals surface area contributed by atoms with E-state index in [9.17, 15) is 9.59 Å². The Labute approximate surface area is 123 Å². The number of carbonyl (C=O) groups excluding carboxylic acids is 1. The van der Waals surface area contributed by atoms with E-state index in [1.807, 2.05) is 0 Å². The second-order valence-electron chi connectivity index (χ2n) is 5.19. The van der Waals surface area contributed by atoms with Crippen molar-refractivity contribution in [2.75, 3.05) is 32.1 Å². The zero-order chi connectivity index (χ0) is 15.2. The largest absolute Gasteiger partial charge is 0.478 e. The molecule has 0 saturated carbocycles. The van der Waals surface area contributed by atoms with Gasteiger partial charge in [-0.1, -0.05) is 12.1 Å². The lowest BCUT2D eigenvalue weighted by atomic mass is 9.99. The van der Waals surface area contributed by atoms with E-state index in [4.69, 9.17) is 9.84 Å². The number of hydrogen-bond acceptors (Lipinski definition) is 3. The Bertz CT molecular complexity index is 516. The summed E-state index contributed by atoms with van der Waals surface area (Å²) < 4.78 is 5.14. The van der Waals surface area contributed by atoms with Gasteiger partial charge >= 0.3 is 12.0 Å². The lowest BCUT2D eigenvalue weighted by molar-refractivity contribution is 0.0698. The first-order valence-corrected chi connectivity index (χ1v) is 6.99. The normalized spacial score (nSPS) is 18.3. The third kappa shape index (κ3) is 3.95. The number of rotatable bonds is 4. The van der Waals surface area contributed by atoms with E-state index < -0.39 is 5.97 Å². The third-order valence-electron chi connectivity index (χ3n) is 3.61. The van der Waals surface area contributed by atoms with Gasteiger partial charge in [-0.05, 0) is 25.0 Å². The van der Waals surface area contributed by atoms with Gasteiger partial charge in [-0.25, -0.2) is 9.59 Å². The van der Waals surface area contributed by atoms with Crippen molar-refractivity contribution in [2.45, 2.75) is 12.8 Å². The third-order valence-corrected chi connectivity index (χ3v) is 3.61. The second-order valence-corrected chi connectivity index (χ2v) is 5.19. The SMILES string of the molecule is COCC1CCCN(C(=O)Nc2ccccc2C(=O)O)C1. The number of amides is 2. The van der Waals surface area contributed by atoms with E-state index in [0.29, 0.717) is 31.3 Å². The maximum absolute atomic E-state index is 12.3. The summed E-state index contributed by atoms with van der Waals surface area (Å²) in [6.45, 7) is 1.95. The van der Waals surface area contributed by atoms with Gasteiger partial charge in [0.2, 0.25) is 0 Å². The summed E-state index contributed by atoms with van der Waals surface area (Å²) in [5, 5.41) is 11.8. The molecule has 1 atom stereocenters. The number of para-hydroxylation sites is 1. The molecule has 2 rings (SSSR count). The van der Waals surface area contributed by atoms with Crippen molar-refractivity contribution in [3.63, 3.8) is 0 Å². The lowest BCUT2D eigenvalue weighted by Crippen LogP contribution is -2.43. The van der Waals surface area contributed by atoms with Gasteiger partial charge in [0.15, 0.2) is 0 Å². The smallest absolute Gasteiger partial charge is 0.337 e. The summed E-state index contributed by atoms with van der Waals surface area (Å²) in [6, 6.07) is 6.14. The molecule has 1 fully saturated rings. The minimum Gasteiger partial charge on any atom is -0.478 e. The van der Waals surface area contributed by atoms with E-state index in [1.165, 1.54) is 6.07 Å². The first-order valence-electron chi connectivity index (χ1n) is 6.99. The van der Waals surface area contributed by atoms with Gasteiger partial charge in [-0.2, -0.15) is 0 Å². The van der Waals surface area contributed by atoms with E-state index in [2.05, 4.69) is 5.32 Å². The van der Waals surface area contributed by atoms with Crippen molar-refractivity contribution < 1.29 is 19.4 Å². The number of anilines is 1. The highest BCUT2D eigenvalue weighted by Crippen LogP contribution is 2.19. The quantitative estimate of drug-likeness (QED) is 0.892. The fourth-order valence-electron chi connectivity index (χ4n) is 2.59. The van der Waals surface area contributed by atoms with Crippen LogP contribution in [0.25, 0.3) is 0 Å². The number of aromatic carboxylic acids is 1. The molecule has 1 heterocycles. The molecule has 114 valence electrons. The van der Waals surface area contributed by atoms with Crippen molar-refractivity contribution in [3.05, 3.63) is 29.8 Å². The molecule has 2 N–H and O–H groups in total. The number of ether oxygens (including phenoxy) is 1. The molecular formula is C15H20N2O4. The van der Waals surface area contributed by atoms with Gasteiger partial charge in [0.1, 0.15) is 0 Å².